The van der Waals surface area contributed by atoms with E-state index < -0.39 is 5.97 Å². The number of fused-ring (bicyclic) bond motifs is 2. The SMILES string of the molecule is CCn1cc(-c2nc3ccc(C(=O)O)cc3n(C3CCNCC3)c2=O)c2ccccc21. The Morgan fingerprint density at radius 1 is 1.16 bits per heavy atom. The number of rotatable bonds is 4. The molecule has 0 amide bonds. The molecule has 0 spiro atoms. The minimum atomic E-state index is -1.01. The van der Waals surface area contributed by atoms with Gasteiger partial charge in [-0.15, -0.1) is 0 Å². The molecule has 158 valence electrons. The lowest BCUT2D eigenvalue weighted by molar-refractivity contribution is 0.0697. The van der Waals surface area contributed by atoms with Gasteiger partial charge in [0, 0.05) is 35.2 Å². The van der Waals surface area contributed by atoms with Crippen LogP contribution in [0.5, 0.6) is 0 Å². The fourth-order valence-electron chi connectivity index (χ4n) is 4.64. The summed E-state index contributed by atoms with van der Waals surface area (Å²) in [6.07, 6.45) is 3.62. The maximum atomic E-state index is 13.8. The Kier molecular flexibility index (Phi) is 4.82. The first-order valence-corrected chi connectivity index (χ1v) is 10.7. The summed E-state index contributed by atoms with van der Waals surface area (Å²) in [5, 5.41) is 13.8. The van der Waals surface area contributed by atoms with Crippen molar-refractivity contribution in [3.05, 3.63) is 64.6 Å². The third kappa shape index (κ3) is 3.21. The molecule has 1 aliphatic heterocycles. The van der Waals surface area contributed by atoms with Crippen LogP contribution in [0.1, 0.15) is 36.2 Å². The molecule has 0 saturated carbocycles. The molecule has 5 rings (SSSR count). The van der Waals surface area contributed by atoms with Crippen molar-refractivity contribution in [1.29, 1.82) is 0 Å². The highest BCUT2D eigenvalue weighted by molar-refractivity contribution is 5.97. The van der Waals surface area contributed by atoms with E-state index in [4.69, 9.17) is 4.98 Å². The Bertz CT molecular complexity index is 1360. The third-order valence-corrected chi connectivity index (χ3v) is 6.19. The zero-order valence-electron chi connectivity index (χ0n) is 17.3. The number of aromatic nitrogens is 3. The number of nitrogens with zero attached hydrogens (tertiary/aromatic N) is 3. The van der Waals surface area contributed by atoms with E-state index in [0.29, 0.717) is 16.7 Å². The van der Waals surface area contributed by atoms with Crippen LogP contribution in [0.25, 0.3) is 33.2 Å². The van der Waals surface area contributed by atoms with Gasteiger partial charge in [-0.05, 0) is 57.1 Å². The van der Waals surface area contributed by atoms with Crippen molar-refractivity contribution in [3.8, 4) is 11.3 Å². The maximum Gasteiger partial charge on any atom is 0.335 e. The predicted molar refractivity (Wildman–Crippen MR) is 121 cm³/mol. The van der Waals surface area contributed by atoms with Crippen LogP contribution in [0.15, 0.2) is 53.5 Å². The quantitative estimate of drug-likeness (QED) is 0.530. The molecule has 31 heavy (non-hydrogen) atoms. The number of hydrogen-bond acceptors (Lipinski definition) is 4. The van der Waals surface area contributed by atoms with E-state index in [-0.39, 0.29) is 17.2 Å². The average molecular weight is 416 g/mol. The van der Waals surface area contributed by atoms with Gasteiger partial charge < -0.3 is 19.6 Å². The van der Waals surface area contributed by atoms with E-state index in [2.05, 4.69) is 16.8 Å². The Morgan fingerprint density at radius 2 is 1.94 bits per heavy atom. The number of hydrogen-bond donors (Lipinski definition) is 2. The predicted octanol–water partition coefficient (Wildman–Crippen LogP) is 3.66. The Balaban J connectivity index is 1.83. The molecule has 0 atom stereocenters. The van der Waals surface area contributed by atoms with Crippen molar-refractivity contribution in [1.82, 2.24) is 19.4 Å². The zero-order chi connectivity index (χ0) is 21.5. The molecule has 3 heterocycles. The molecule has 0 unspecified atom stereocenters. The summed E-state index contributed by atoms with van der Waals surface area (Å²) in [5.74, 6) is -1.01. The topological polar surface area (TPSA) is 89.2 Å². The second-order valence-corrected chi connectivity index (χ2v) is 7.97. The monoisotopic (exact) mass is 416 g/mol. The van der Waals surface area contributed by atoms with Crippen molar-refractivity contribution in [2.75, 3.05) is 13.1 Å². The zero-order valence-corrected chi connectivity index (χ0v) is 17.3. The van der Waals surface area contributed by atoms with Crippen molar-refractivity contribution < 1.29 is 9.90 Å². The first-order chi connectivity index (χ1) is 15.1. The highest BCUT2D eigenvalue weighted by Gasteiger charge is 2.24. The van der Waals surface area contributed by atoms with Gasteiger partial charge in [-0.2, -0.15) is 0 Å². The number of aryl methyl sites for hydroxylation is 1. The standard InChI is InChI=1S/C24H24N4O3/c1-2-27-14-18(17-5-3-4-6-20(17)27)22-23(29)28(16-9-11-25-12-10-16)21-13-15(24(30)31)7-8-19(21)26-22/h3-8,13-14,16,25H,2,9-12H2,1H3,(H,30,31). The summed E-state index contributed by atoms with van der Waals surface area (Å²) in [4.78, 5) is 30.1. The van der Waals surface area contributed by atoms with Gasteiger partial charge in [0.15, 0.2) is 0 Å². The molecule has 1 fully saturated rings. The van der Waals surface area contributed by atoms with Gasteiger partial charge in [0.2, 0.25) is 0 Å². The van der Waals surface area contributed by atoms with Crippen molar-refractivity contribution in [2.24, 2.45) is 0 Å². The van der Waals surface area contributed by atoms with Crippen molar-refractivity contribution >= 4 is 27.9 Å². The van der Waals surface area contributed by atoms with E-state index in [0.717, 1.165) is 48.9 Å². The van der Waals surface area contributed by atoms with Crippen LogP contribution < -0.4 is 10.9 Å². The largest absolute Gasteiger partial charge is 0.478 e. The van der Waals surface area contributed by atoms with Gasteiger partial charge in [0.1, 0.15) is 5.69 Å². The van der Waals surface area contributed by atoms with Gasteiger partial charge in [-0.25, -0.2) is 9.78 Å². The van der Waals surface area contributed by atoms with Gasteiger partial charge >= 0.3 is 5.97 Å². The van der Waals surface area contributed by atoms with Crippen LogP contribution in [0.3, 0.4) is 0 Å². The lowest BCUT2D eigenvalue weighted by atomic mass is 10.0. The van der Waals surface area contributed by atoms with Gasteiger partial charge in [0.25, 0.3) is 5.56 Å². The maximum absolute atomic E-state index is 13.8. The number of carboxylic acid groups (broad SMARTS) is 1. The number of carbonyl (C=O) groups is 1. The molecule has 0 radical (unpaired) electrons. The molecular weight excluding hydrogens is 392 g/mol. The summed E-state index contributed by atoms with van der Waals surface area (Å²) in [6, 6.07) is 12.9. The summed E-state index contributed by atoms with van der Waals surface area (Å²) in [6.45, 7) is 4.51. The normalized spacial score (nSPS) is 15.0. The van der Waals surface area contributed by atoms with Crippen LogP contribution >= 0.6 is 0 Å². The van der Waals surface area contributed by atoms with E-state index in [1.807, 2.05) is 30.5 Å². The lowest BCUT2D eigenvalue weighted by Gasteiger charge is -2.26. The van der Waals surface area contributed by atoms with E-state index in [9.17, 15) is 14.7 Å². The molecule has 4 aromatic rings. The molecule has 0 aliphatic carbocycles. The Labute approximate surface area is 179 Å². The Morgan fingerprint density at radius 3 is 2.68 bits per heavy atom. The molecule has 7 nitrogen and oxygen atoms in total. The van der Waals surface area contributed by atoms with Gasteiger partial charge in [-0.1, -0.05) is 18.2 Å². The smallest absolute Gasteiger partial charge is 0.335 e. The van der Waals surface area contributed by atoms with Crippen LogP contribution in [0, 0.1) is 0 Å². The first kappa shape index (κ1) is 19.5. The average Bonchev–Trinajstić information content (AvgIpc) is 3.17. The molecule has 2 aromatic heterocycles. The van der Waals surface area contributed by atoms with Crippen LogP contribution in [0.2, 0.25) is 0 Å². The summed E-state index contributed by atoms with van der Waals surface area (Å²) in [7, 11) is 0. The summed E-state index contributed by atoms with van der Waals surface area (Å²) < 4.78 is 3.90. The molecule has 7 heteroatoms. The van der Waals surface area contributed by atoms with Crippen molar-refractivity contribution in [2.45, 2.75) is 32.4 Å². The van der Waals surface area contributed by atoms with Gasteiger partial charge in [-0.3, -0.25) is 4.79 Å². The van der Waals surface area contributed by atoms with Crippen LogP contribution in [-0.2, 0) is 6.54 Å². The van der Waals surface area contributed by atoms with Crippen molar-refractivity contribution in [3.63, 3.8) is 0 Å². The van der Waals surface area contributed by atoms with Crippen LogP contribution in [0.4, 0.5) is 0 Å². The number of aromatic carboxylic acids is 1. The minimum absolute atomic E-state index is 0.00145. The number of nitrogens with one attached hydrogen (secondary N) is 1. The molecule has 2 aromatic carbocycles. The minimum Gasteiger partial charge on any atom is -0.478 e. The first-order valence-electron chi connectivity index (χ1n) is 10.7. The Hall–Kier alpha value is -3.45. The number of benzene rings is 2. The van der Waals surface area contributed by atoms with Gasteiger partial charge in [0.05, 0.1) is 16.6 Å². The number of carboxylic acids is 1. The number of piperidine rings is 1. The fourth-order valence-corrected chi connectivity index (χ4v) is 4.64. The molecule has 1 aliphatic rings. The molecule has 0 bridgehead atoms. The second-order valence-electron chi connectivity index (χ2n) is 7.97. The van der Waals surface area contributed by atoms with E-state index >= 15 is 0 Å². The lowest BCUT2D eigenvalue weighted by Crippen LogP contribution is -2.35. The third-order valence-electron chi connectivity index (χ3n) is 6.19. The summed E-state index contributed by atoms with van der Waals surface area (Å²) in [5.41, 5.74) is 3.50. The fraction of sp³-hybridized carbons (Fsp3) is 0.292. The highest BCUT2D eigenvalue weighted by Crippen LogP contribution is 2.30. The van der Waals surface area contributed by atoms with Crippen LogP contribution in [-0.4, -0.2) is 38.3 Å². The molecule has 1 saturated heterocycles. The summed E-state index contributed by atoms with van der Waals surface area (Å²) >= 11 is 0. The van der Waals surface area contributed by atoms with E-state index in [1.54, 1.807) is 22.8 Å². The molecular formula is C24H24N4O3. The highest BCUT2D eigenvalue weighted by atomic mass is 16.4. The van der Waals surface area contributed by atoms with E-state index in [1.165, 1.54) is 0 Å². The number of para-hydroxylation sites is 1. The second kappa shape index (κ2) is 7.67. The molecule has 2 N–H and O–H groups in total.